The summed E-state index contributed by atoms with van der Waals surface area (Å²) in [4.78, 5) is 10.4. The van der Waals surface area contributed by atoms with Crippen LogP contribution in [0, 0.1) is 0 Å². The second kappa shape index (κ2) is 4.21. The summed E-state index contributed by atoms with van der Waals surface area (Å²) in [6, 6.07) is 6.98. The summed E-state index contributed by atoms with van der Waals surface area (Å²) in [5, 5.41) is 5.23. The van der Waals surface area contributed by atoms with Crippen LogP contribution in [0.25, 0.3) is 0 Å². The fraction of sp³-hybridized carbons (Fsp3) is 0. The van der Waals surface area contributed by atoms with Crippen LogP contribution in [-0.4, -0.2) is 13.0 Å². The van der Waals surface area contributed by atoms with Crippen LogP contribution in [0.2, 0.25) is 0 Å². The summed E-state index contributed by atoms with van der Waals surface area (Å²) in [6.07, 6.45) is 2.34. The van der Waals surface area contributed by atoms with E-state index in [0.717, 1.165) is 12.0 Å². The monoisotopic (exact) mass is 174 g/mol. The Morgan fingerprint density at radius 1 is 1.31 bits per heavy atom. The number of carbonyl (C=O) groups is 1. The molecule has 0 heterocycles. The Balaban J connectivity index is 2.96. The van der Waals surface area contributed by atoms with Gasteiger partial charge in [0.1, 0.15) is 6.29 Å². The molecule has 0 N–H and O–H groups in total. The van der Waals surface area contributed by atoms with Crippen molar-refractivity contribution in [3.05, 3.63) is 42.6 Å². The largest absolute Gasteiger partial charge is 0.298 e. The Hall–Kier alpha value is -1.90. The number of anilines is 1. The third-order valence-electron chi connectivity index (χ3n) is 1.62. The molecule has 0 aliphatic rings. The standard InChI is InChI=1S/C10H10N2O/c1-3-12(11-2)10-6-4-9(8-13)5-7-10/h3-8H,1-2H2. The first kappa shape index (κ1) is 9.19. The normalized spacial score (nSPS) is 8.92. The van der Waals surface area contributed by atoms with Crippen molar-refractivity contribution in [3.8, 4) is 0 Å². The number of carbonyl (C=O) groups excluding carboxylic acids is 1. The molecule has 1 aromatic carbocycles. The molecule has 0 fully saturated rings. The van der Waals surface area contributed by atoms with Crippen LogP contribution >= 0.6 is 0 Å². The maximum atomic E-state index is 10.4. The van der Waals surface area contributed by atoms with Crippen molar-refractivity contribution in [3.63, 3.8) is 0 Å². The minimum absolute atomic E-state index is 0.636. The quantitative estimate of drug-likeness (QED) is 0.397. The van der Waals surface area contributed by atoms with Gasteiger partial charge in [0.05, 0.1) is 5.69 Å². The van der Waals surface area contributed by atoms with Crippen molar-refractivity contribution in [1.82, 2.24) is 0 Å². The molecule has 0 unspecified atom stereocenters. The molecule has 0 bridgehead atoms. The molecule has 0 saturated carbocycles. The van der Waals surface area contributed by atoms with Gasteiger partial charge in [-0.1, -0.05) is 6.58 Å². The zero-order valence-corrected chi connectivity index (χ0v) is 7.18. The Kier molecular flexibility index (Phi) is 2.97. The van der Waals surface area contributed by atoms with E-state index in [2.05, 4.69) is 18.4 Å². The third kappa shape index (κ3) is 2.02. The number of rotatable bonds is 4. The lowest BCUT2D eigenvalue weighted by molar-refractivity contribution is 0.112. The molecule has 1 rings (SSSR count). The number of hydrazone groups is 1. The highest BCUT2D eigenvalue weighted by Gasteiger charge is 1.98. The van der Waals surface area contributed by atoms with Gasteiger partial charge in [0.25, 0.3) is 0 Å². The van der Waals surface area contributed by atoms with Crippen molar-refractivity contribution in [2.45, 2.75) is 0 Å². The average molecular weight is 174 g/mol. The van der Waals surface area contributed by atoms with Gasteiger partial charge in [0, 0.05) is 18.5 Å². The van der Waals surface area contributed by atoms with Crippen molar-refractivity contribution in [2.75, 3.05) is 5.01 Å². The average Bonchev–Trinajstić information content (AvgIpc) is 2.21. The van der Waals surface area contributed by atoms with E-state index in [1.807, 2.05) is 0 Å². The van der Waals surface area contributed by atoms with Gasteiger partial charge in [0.15, 0.2) is 0 Å². The van der Waals surface area contributed by atoms with Crippen LogP contribution in [0.5, 0.6) is 0 Å². The number of benzene rings is 1. The smallest absolute Gasteiger partial charge is 0.150 e. The van der Waals surface area contributed by atoms with E-state index in [-0.39, 0.29) is 0 Å². The SMILES string of the molecule is C=CN(N=C)c1ccc(C=O)cc1. The number of aldehydes is 1. The van der Waals surface area contributed by atoms with Gasteiger partial charge < -0.3 is 0 Å². The number of hydrogen-bond donors (Lipinski definition) is 0. The van der Waals surface area contributed by atoms with Gasteiger partial charge in [-0.25, -0.2) is 5.01 Å². The van der Waals surface area contributed by atoms with Crippen molar-refractivity contribution >= 4 is 18.7 Å². The zero-order valence-electron chi connectivity index (χ0n) is 7.18. The summed E-state index contributed by atoms with van der Waals surface area (Å²) in [5.41, 5.74) is 1.47. The van der Waals surface area contributed by atoms with Gasteiger partial charge in [-0.2, -0.15) is 5.10 Å². The molecular weight excluding hydrogens is 164 g/mol. The highest BCUT2D eigenvalue weighted by Crippen LogP contribution is 2.14. The fourth-order valence-corrected chi connectivity index (χ4v) is 0.950. The fourth-order valence-electron chi connectivity index (χ4n) is 0.950. The maximum absolute atomic E-state index is 10.4. The molecule has 1 aromatic rings. The number of hydrogen-bond acceptors (Lipinski definition) is 3. The molecular formula is C10H10N2O. The molecule has 0 radical (unpaired) electrons. The Morgan fingerprint density at radius 2 is 1.92 bits per heavy atom. The van der Waals surface area contributed by atoms with Gasteiger partial charge in [-0.15, -0.1) is 0 Å². The van der Waals surface area contributed by atoms with Gasteiger partial charge in [-0.05, 0) is 24.3 Å². The van der Waals surface area contributed by atoms with Crippen LogP contribution in [0.1, 0.15) is 10.4 Å². The summed E-state index contributed by atoms with van der Waals surface area (Å²) < 4.78 is 0. The van der Waals surface area contributed by atoms with Gasteiger partial charge in [0.2, 0.25) is 0 Å². The Morgan fingerprint density at radius 3 is 2.31 bits per heavy atom. The minimum atomic E-state index is 0.636. The van der Waals surface area contributed by atoms with E-state index in [1.54, 1.807) is 30.5 Å². The molecule has 3 nitrogen and oxygen atoms in total. The lowest BCUT2D eigenvalue weighted by Gasteiger charge is -2.12. The molecule has 0 aromatic heterocycles. The van der Waals surface area contributed by atoms with E-state index >= 15 is 0 Å². The van der Waals surface area contributed by atoms with E-state index in [9.17, 15) is 4.79 Å². The summed E-state index contributed by atoms with van der Waals surface area (Å²) in [6.45, 7) is 6.96. The molecule has 0 atom stereocenters. The summed E-state index contributed by atoms with van der Waals surface area (Å²) in [7, 11) is 0. The Bertz CT molecular complexity index is 308. The van der Waals surface area contributed by atoms with Gasteiger partial charge in [-0.3, -0.25) is 4.79 Å². The number of nitrogens with zero attached hydrogens (tertiary/aromatic N) is 2. The lowest BCUT2D eigenvalue weighted by atomic mass is 10.2. The zero-order chi connectivity index (χ0) is 9.68. The first-order valence-electron chi connectivity index (χ1n) is 3.75. The third-order valence-corrected chi connectivity index (χ3v) is 1.62. The van der Waals surface area contributed by atoms with Crippen molar-refractivity contribution < 1.29 is 4.79 Å². The van der Waals surface area contributed by atoms with Crippen LogP contribution in [-0.2, 0) is 0 Å². The Labute approximate surface area is 77.0 Å². The van der Waals surface area contributed by atoms with Crippen molar-refractivity contribution in [2.24, 2.45) is 5.10 Å². The molecule has 0 spiro atoms. The summed E-state index contributed by atoms with van der Waals surface area (Å²) in [5.74, 6) is 0. The molecule has 13 heavy (non-hydrogen) atoms. The maximum Gasteiger partial charge on any atom is 0.150 e. The predicted molar refractivity (Wildman–Crippen MR) is 54.1 cm³/mol. The first-order chi connectivity index (χ1) is 6.31. The van der Waals surface area contributed by atoms with Crippen molar-refractivity contribution in [1.29, 1.82) is 0 Å². The molecule has 0 aliphatic carbocycles. The van der Waals surface area contributed by atoms with E-state index < -0.39 is 0 Å². The van der Waals surface area contributed by atoms with Crippen LogP contribution in [0.3, 0.4) is 0 Å². The lowest BCUT2D eigenvalue weighted by Crippen LogP contribution is -2.04. The minimum Gasteiger partial charge on any atom is -0.298 e. The second-order valence-corrected chi connectivity index (χ2v) is 2.38. The van der Waals surface area contributed by atoms with Gasteiger partial charge >= 0.3 is 0 Å². The highest BCUT2D eigenvalue weighted by atomic mass is 16.1. The first-order valence-corrected chi connectivity index (χ1v) is 3.75. The van der Waals surface area contributed by atoms with E-state index in [4.69, 9.17) is 0 Å². The summed E-state index contributed by atoms with van der Waals surface area (Å²) >= 11 is 0. The van der Waals surface area contributed by atoms with Crippen LogP contribution in [0.4, 0.5) is 5.69 Å². The molecule has 3 heteroatoms. The second-order valence-electron chi connectivity index (χ2n) is 2.38. The predicted octanol–water partition coefficient (Wildman–Crippen LogP) is 2.06. The molecule has 66 valence electrons. The van der Waals surface area contributed by atoms with Crippen LogP contribution in [0.15, 0.2) is 42.1 Å². The molecule has 0 amide bonds. The van der Waals surface area contributed by atoms with E-state index in [1.165, 1.54) is 5.01 Å². The van der Waals surface area contributed by atoms with E-state index in [0.29, 0.717) is 5.56 Å². The molecule has 0 saturated heterocycles. The highest BCUT2D eigenvalue weighted by molar-refractivity contribution is 5.75. The van der Waals surface area contributed by atoms with Crippen LogP contribution < -0.4 is 5.01 Å². The molecule has 0 aliphatic heterocycles. The topological polar surface area (TPSA) is 32.7 Å².